The molecule has 1 heterocycles. The minimum Gasteiger partial charge on any atom is -0.493 e. The Bertz CT molecular complexity index is 1200. The van der Waals surface area contributed by atoms with Crippen molar-refractivity contribution in [1.82, 2.24) is 9.97 Å². The predicted octanol–water partition coefficient (Wildman–Crippen LogP) is 5.29. The molecular weight excluding hydrogens is 396 g/mol. The Labute approximate surface area is 179 Å². The Balaban J connectivity index is 1.64. The molecule has 6 heteroatoms. The minimum absolute atomic E-state index is 0.0186. The molecule has 0 atom stereocenters. The van der Waals surface area contributed by atoms with E-state index in [0.29, 0.717) is 17.1 Å². The van der Waals surface area contributed by atoms with E-state index in [1.165, 1.54) is 11.8 Å². The van der Waals surface area contributed by atoms with Crippen molar-refractivity contribution in [1.29, 1.82) is 0 Å². The second kappa shape index (κ2) is 8.97. The number of Topliss-reactive ketones (excluding diaryl/α,β-unsaturated/α-hetero) is 1. The number of benzene rings is 3. The molecule has 4 rings (SSSR count). The second-order valence-corrected chi connectivity index (χ2v) is 7.48. The summed E-state index contributed by atoms with van der Waals surface area (Å²) in [5.41, 5.74) is 3.94. The summed E-state index contributed by atoms with van der Waals surface area (Å²) in [5, 5.41) is 0.730. The summed E-state index contributed by atoms with van der Waals surface area (Å²) in [7, 11) is 3.12. The summed E-state index contributed by atoms with van der Waals surface area (Å²) in [6.45, 7) is 0. The number of para-hydroxylation sites is 2. The summed E-state index contributed by atoms with van der Waals surface area (Å²) >= 11 is 1.39. The van der Waals surface area contributed by atoms with Crippen LogP contribution in [0.4, 0.5) is 0 Å². The van der Waals surface area contributed by atoms with E-state index in [2.05, 4.69) is 0 Å². The van der Waals surface area contributed by atoms with E-state index in [4.69, 9.17) is 19.4 Å². The van der Waals surface area contributed by atoms with Gasteiger partial charge < -0.3 is 9.47 Å². The maximum absolute atomic E-state index is 12.8. The molecule has 4 aromatic rings. The lowest BCUT2D eigenvalue weighted by Crippen LogP contribution is -2.04. The third kappa shape index (κ3) is 4.14. The zero-order valence-electron chi connectivity index (χ0n) is 16.7. The van der Waals surface area contributed by atoms with Crippen LogP contribution >= 0.6 is 11.8 Å². The van der Waals surface area contributed by atoms with Crippen LogP contribution in [-0.2, 0) is 0 Å². The van der Waals surface area contributed by atoms with Gasteiger partial charge in [-0.25, -0.2) is 9.97 Å². The SMILES string of the molecule is COc1ccc(C(=O)CSc2nc3ccccc3nc2-c2ccccc2)cc1OC. The van der Waals surface area contributed by atoms with Gasteiger partial charge in [-0.3, -0.25) is 4.79 Å². The lowest BCUT2D eigenvalue weighted by molar-refractivity contribution is 0.102. The number of ketones is 1. The number of methoxy groups -OCH3 is 2. The van der Waals surface area contributed by atoms with E-state index in [0.717, 1.165) is 27.3 Å². The van der Waals surface area contributed by atoms with Gasteiger partial charge in [0.25, 0.3) is 0 Å². The van der Waals surface area contributed by atoms with Crippen LogP contribution in [0.1, 0.15) is 10.4 Å². The van der Waals surface area contributed by atoms with Crippen molar-refractivity contribution < 1.29 is 14.3 Å². The Hall–Kier alpha value is -3.38. The minimum atomic E-state index is -0.0186. The number of nitrogens with zero attached hydrogens (tertiary/aromatic N) is 2. The number of hydrogen-bond donors (Lipinski definition) is 0. The summed E-state index contributed by atoms with van der Waals surface area (Å²) in [5.74, 6) is 1.34. The maximum atomic E-state index is 12.8. The number of aromatic nitrogens is 2. The molecule has 30 heavy (non-hydrogen) atoms. The molecule has 0 N–H and O–H groups in total. The van der Waals surface area contributed by atoms with Gasteiger partial charge in [-0.2, -0.15) is 0 Å². The molecule has 0 aliphatic heterocycles. The molecule has 0 spiro atoms. The quantitative estimate of drug-likeness (QED) is 0.301. The van der Waals surface area contributed by atoms with Crippen LogP contribution in [0.25, 0.3) is 22.3 Å². The molecule has 0 radical (unpaired) electrons. The highest BCUT2D eigenvalue weighted by molar-refractivity contribution is 8.00. The van der Waals surface area contributed by atoms with Crippen molar-refractivity contribution in [3.63, 3.8) is 0 Å². The Morgan fingerprint density at radius 3 is 2.20 bits per heavy atom. The normalized spacial score (nSPS) is 10.7. The average molecular weight is 417 g/mol. The second-order valence-electron chi connectivity index (χ2n) is 6.51. The first-order chi connectivity index (χ1) is 14.7. The summed E-state index contributed by atoms with van der Waals surface area (Å²) in [6.07, 6.45) is 0. The molecule has 0 aliphatic rings. The van der Waals surface area contributed by atoms with E-state index in [9.17, 15) is 4.79 Å². The van der Waals surface area contributed by atoms with Gasteiger partial charge >= 0.3 is 0 Å². The van der Waals surface area contributed by atoms with Crippen LogP contribution < -0.4 is 9.47 Å². The lowest BCUT2D eigenvalue weighted by Gasteiger charge is -2.11. The molecule has 0 saturated carbocycles. The molecular formula is C24H20N2O3S. The third-order valence-corrected chi connectivity index (χ3v) is 5.60. The fraction of sp³-hybridized carbons (Fsp3) is 0.125. The number of carbonyl (C=O) groups is 1. The first-order valence-electron chi connectivity index (χ1n) is 9.40. The van der Waals surface area contributed by atoms with Gasteiger partial charge in [0.15, 0.2) is 17.3 Å². The topological polar surface area (TPSA) is 61.3 Å². The molecule has 150 valence electrons. The number of rotatable bonds is 7. The predicted molar refractivity (Wildman–Crippen MR) is 120 cm³/mol. The molecule has 0 bridgehead atoms. The molecule has 1 aromatic heterocycles. The van der Waals surface area contributed by atoms with Gasteiger partial charge in [-0.05, 0) is 30.3 Å². The highest BCUT2D eigenvalue weighted by Gasteiger charge is 2.16. The standard InChI is InChI=1S/C24H20N2O3S/c1-28-21-13-12-17(14-22(21)29-2)20(27)15-30-24-23(16-8-4-3-5-9-16)25-18-10-6-7-11-19(18)26-24/h3-14H,15H2,1-2H3. The maximum Gasteiger partial charge on any atom is 0.173 e. The molecule has 0 amide bonds. The lowest BCUT2D eigenvalue weighted by atomic mass is 10.1. The number of ether oxygens (including phenoxy) is 2. The summed E-state index contributed by atoms with van der Waals surface area (Å²) in [6, 6.07) is 22.8. The largest absolute Gasteiger partial charge is 0.493 e. The zero-order chi connectivity index (χ0) is 20.9. The van der Waals surface area contributed by atoms with Crippen LogP contribution in [0.3, 0.4) is 0 Å². The van der Waals surface area contributed by atoms with Crippen LogP contribution in [0, 0.1) is 0 Å². The first kappa shape index (κ1) is 19.9. The van der Waals surface area contributed by atoms with Crippen LogP contribution in [0.15, 0.2) is 77.8 Å². The van der Waals surface area contributed by atoms with Crippen LogP contribution in [0.5, 0.6) is 11.5 Å². The van der Waals surface area contributed by atoms with Gasteiger partial charge in [0, 0.05) is 11.1 Å². The first-order valence-corrected chi connectivity index (χ1v) is 10.4. The number of thioether (sulfide) groups is 1. The van der Waals surface area contributed by atoms with Crippen molar-refractivity contribution in [2.24, 2.45) is 0 Å². The van der Waals surface area contributed by atoms with Crippen molar-refractivity contribution >= 4 is 28.6 Å². The zero-order valence-corrected chi connectivity index (χ0v) is 17.5. The van der Waals surface area contributed by atoms with Gasteiger partial charge in [0.05, 0.1) is 31.0 Å². The van der Waals surface area contributed by atoms with E-state index in [1.807, 2.05) is 54.6 Å². The van der Waals surface area contributed by atoms with Crippen molar-refractivity contribution in [2.75, 3.05) is 20.0 Å². The number of hydrogen-bond acceptors (Lipinski definition) is 6. The van der Waals surface area contributed by atoms with Gasteiger partial charge in [-0.15, -0.1) is 0 Å². The molecule has 0 fully saturated rings. The summed E-state index contributed by atoms with van der Waals surface area (Å²) in [4.78, 5) is 22.4. The summed E-state index contributed by atoms with van der Waals surface area (Å²) < 4.78 is 10.6. The van der Waals surface area contributed by atoms with Crippen molar-refractivity contribution in [2.45, 2.75) is 5.03 Å². The smallest absolute Gasteiger partial charge is 0.173 e. The molecule has 0 saturated heterocycles. The van der Waals surface area contributed by atoms with E-state index in [1.54, 1.807) is 32.4 Å². The molecule has 0 unspecified atom stereocenters. The van der Waals surface area contributed by atoms with E-state index >= 15 is 0 Å². The molecule has 5 nitrogen and oxygen atoms in total. The highest BCUT2D eigenvalue weighted by Crippen LogP contribution is 2.32. The average Bonchev–Trinajstić information content (AvgIpc) is 2.82. The van der Waals surface area contributed by atoms with Crippen LogP contribution in [-0.4, -0.2) is 35.7 Å². The Morgan fingerprint density at radius 1 is 0.833 bits per heavy atom. The Morgan fingerprint density at radius 2 is 1.50 bits per heavy atom. The Kier molecular flexibility index (Phi) is 5.95. The number of carbonyl (C=O) groups excluding carboxylic acids is 1. The van der Waals surface area contributed by atoms with E-state index in [-0.39, 0.29) is 11.5 Å². The van der Waals surface area contributed by atoms with Crippen LogP contribution in [0.2, 0.25) is 0 Å². The van der Waals surface area contributed by atoms with Crippen molar-refractivity contribution in [3.05, 3.63) is 78.4 Å². The molecule has 0 aliphatic carbocycles. The third-order valence-electron chi connectivity index (χ3n) is 4.63. The molecule has 3 aromatic carbocycles. The van der Waals surface area contributed by atoms with Gasteiger partial charge in [-0.1, -0.05) is 54.2 Å². The van der Waals surface area contributed by atoms with Gasteiger partial charge in [0.1, 0.15) is 10.7 Å². The monoisotopic (exact) mass is 416 g/mol. The van der Waals surface area contributed by atoms with Gasteiger partial charge in [0.2, 0.25) is 0 Å². The highest BCUT2D eigenvalue weighted by atomic mass is 32.2. The fourth-order valence-corrected chi connectivity index (χ4v) is 3.99. The number of fused-ring (bicyclic) bond motifs is 1. The fourth-order valence-electron chi connectivity index (χ4n) is 3.10. The van der Waals surface area contributed by atoms with E-state index < -0.39 is 0 Å². The van der Waals surface area contributed by atoms with Crippen molar-refractivity contribution in [3.8, 4) is 22.8 Å².